The molecular weight excluding hydrogens is 386 g/mol. The quantitative estimate of drug-likeness (QED) is 0.704. The molecule has 5 heteroatoms. The molecule has 2 aromatic carbocycles. The maximum absolute atomic E-state index is 13.4. The van der Waals surface area contributed by atoms with Gasteiger partial charge in [-0.2, -0.15) is 5.10 Å². The second-order valence-electron chi connectivity index (χ2n) is 9.02. The van der Waals surface area contributed by atoms with Crippen LogP contribution in [0.3, 0.4) is 0 Å². The van der Waals surface area contributed by atoms with Crippen LogP contribution in [0.4, 0.5) is 0 Å². The molecule has 0 spiro atoms. The SMILES string of the molecule is COc1ccccc1C1CC(c2cc(C)ccc2C)=NN1C(=O)CN1CCC(C)CC1. The minimum atomic E-state index is -0.151. The summed E-state index contributed by atoms with van der Waals surface area (Å²) in [6, 6.07) is 14.2. The maximum atomic E-state index is 13.4. The zero-order valence-corrected chi connectivity index (χ0v) is 19.1. The van der Waals surface area contributed by atoms with E-state index in [9.17, 15) is 4.79 Å². The molecule has 4 rings (SSSR count). The van der Waals surface area contributed by atoms with Crippen molar-refractivity contribution in [3.05, 3.63) is 64.7 Å². The summed E-state index contributed by atoms with van der Waals surface area (Å²) in [6.45, 7) is 8.87. The lowest BCUT2D eigenvalue weighted by Crippen LogP contribution is -2.41. The number of nitrogens with zero attached hydrogens (tertiary/aromatic N) is 3. The smallest absolute Gasteiger partial charge is 0.257 e. The van der Waals surface area contributed by atoms with Crippen molar-refractivity contribution in [2.24, 2.45) is 11.0 Å². The molecule has 1 amide bonds. The molecule has 0 radical (unpaired) electrons. The number of rotatable bonds is 5. The number of hydrogen-bond acceptors (Lipinski definition) is 4. The lowest BCUT2D eigenvalue weighted by atomic mass is 9.94. The fourth-order valence-electron chi connectivity index (χ4n) is 4.62. The van der Waals surface area contributed by atoms with Gasteiger partial charge in [0, 0.05) is 17.5 Å². The van der Waals surface area contributed by atoms with Crippen molar-refractivity contribution < 1.29 is 9.53 Å². The van der Waals surface area contributed by atoms with E-state index in [1.54, 1.807) is 12.1 Å². The van der Waals surface area contributed by atoms with Crippen molar-refractivity contribution in [1.29, 1.82) is 0 Å². The van der Waals surface area contributed by atoms with E-state index >= 15 is 0 Å². The first-order valence-corrected chi connectivity index (χ1v) is 11.3. The summed E-state index contributed by atoms with van der Waals surface area (Å²) in [7, 11) is 1.68. The number of carbonyl (C=O) groups is 1. The number of para-hydroxylation sites is 1. The summed E-state index contributed by atoms with van der Waals surface area (Å²) in [4.78, 5) is 15.7. The fourth-order valence-corrected chi connectivity index (χ4v) is 4.62. The van der Waals surface area contributed by atoms with Crippen molar-refractivity contribution in [3.8, 4) is 5.75 Å². The van der Waals surface area contributed by atoms with Crippen LogP contribution in [0.5, 0.6) is 5.75 Å². The number of amides is 1. The molecule has 0 aromatic heterocycles. The van der Waals surface area contributed by atoms with E-state index in [1.807, 2.05) is 24.3 Å². The molecule has 2 aliphatic rings. The van der Waals surface area contributed by atoms with Gasteiger partial charge in [-0.3, -0.25) is 9.69 Å². The minimum absolute atomic E-state index is 0.0609. The lowest BCUT2D eigenvalue weighted by Gasteiger charge is -2.31. The largest absolute Gasteiger partial charge is 0.496 e. The van der Waals surface area contributed by atoms with E-state index in [-0.39, 0.29) is 11.9 Å². The second-order valence-corrected chi connectivity index (χ2v) is 9.02. The molecule has 1 unspecified atom stereocenters. The van der Waals surface area contributed by atoms with E-state index in [0.717, 1.165) is 54.4 Å². The Labute approximate surface area is 185 Å². The first-order valence-electron chi connectivity index (χ1n) is 11.3. The number of hydrogen-bond donors (Lipinski definition) is 0. The standard InChI is InChI=1S/C26H33N3O2/c1-18-11-13-28(14-12-18)17-26(30)29-24(21-7-5-6-8-25(21)31-4)16-23(27-29)22-15-19(2)9-10-20(22)3/h5-10,15,18,24H,11-14,16-17H2,1-4H3. The molecule has 1 saturated heterocycles. The molecule has 1 fully saturated rings. The topological polar surface area (TPSA) is 45.1 Å². The number of piperidine rings is 1. The Kier molecular flexibility index (Phi) is 6.42. The third kappa shape index (κ3) is 4.67. The normalized spacial score (nSPS) is 20.1. The predicted molar refractivity (Wildman–Crippen MR) is 124 cm³/mol. The van der Waals surface area contributed by atoms with Gasteiger partial charge in [-0.15, -0.1) is 0 Å². The first-order chi connectivity index (χ1) is 15.0. The maximum Gasteiger partial charge on any atom is 0.257 e. The van der Waals surface area contributed by atoms with Crippen molar-refractivity contribution in [1.82, 2.24) is 9.91 Å². The Hall–Kier alpha value is -2.66. The van der Waals surface area contributed by atoms with Crippen molar-refractivity contribution in [3.63, 3.8) is 0 Å². The number of aryl methyl sites for hydroxylation is 2. The van der Waals surface area contributed by atoms with Gasteiger partial charge in [-0.25, -0.2) is 5.01 Å². The molecule has 1 atom stereocenters. The van der Waals surface area contributed by atoms with Gasteiger partial charge in [-0.05, 0) is 63.4 Å². The minimum Gasteiger partial charge on any atom is -0.496 e. The van der Waals surface area contributed by atoms with E-state index in [2.05, 4.69) is 43.9 Å². The van der Waals surface area contributed by atoms with Gasteiger partial charge < -0.3 is 4.74 Å². The van der Waals surface area contributed by atoms with E-state index in [1.165, 1.54) is 11.1 Å². The summed E-state index contributed by atoms with van der Waals surface area (Å²) in [6.07, 6.45) is 2.99. The molecule has 31 heavy (non-hydrogen) atoms. The Balaban J connectivity index is 1.65. The number of carbonyl (C=O) groups excluding carboxylic acids is 1. The second kappa shape index (κ2) is 9.23. The highest BCUT2D eigenvalue weighted by atomic mass is 16.5. The van der Waals surface area contributed by atoms with Crippen LogP contribution in [0.15, 0.2) is 47.6 Å². The van der Waals surface area contributed by atoms with E-state index in [4.69, 9.17) is 9.84 Å². The average Bonchev–Trinajstić information content (AvgIpc) is 3.22. The van der Waals surface area contributed by atoms with Gasteiger partial charge in [0.05, 0.1) is 25.4 Å². The molecule has 5 nitrogen and oxygen atoms in total. The molecule has 2 aliphatic heterocycles. The van der Waals surface area contributed by atoms with Crippen molar-refractivity contribution in [2.75, 3.05) is 26.7 Å². The fraction of sp³-hybridized carbons (Fsp3) is 0.462. The van der Waals surface area contributed by atoms with Crippen LogP contribution in [-0.4, -0.2) is 48.3 Å². The van der Waals surface area contributed by atoms with Crippen LogP contribution in [0, 0.1) is 19.8 Å². The Morgan fingerprint density at radius 3 is 2.61 bits per heavy atom. The van der Waals surface area contributed by atoms with Gasteiger partial charge in [0.1, 0.15) is 5.75 Å². The summed E-state index contributed by atoms with van der Waals surface area (Å²) >= 11 is 0. The number of likely N-dealkylation sites (tertiary alicyclic amines) is 1. The van der Waals surface area contributed by atoms with Crippen LogP contribution in [0.25, 0.3) is 0 Å². The number of ether oxygens (including phenoxy) is 1. The van der Waals surface area contributed by atoms with E-state index in [0.29, 0.717) is 13.0 Å². The summed E-state index contributed by atoms with van der Waals surface area (Å²) in [5.74, 6) is 1.61. The number of benzene rings is 2. The lowest BCUT2D eigenvalue weighted by molar-refractivity contribution is -0.134. The molecule has 0 N–H and O–H groups in total. The summed E-state index contributed by atoms with van der Waals surface area (Å²) in [5.41, 5.74) is 5.49. The van der Waals surface area contributed by atoms with Crippen LogP contribution in [0.1, 0.15) is 54.5 Å². The van der Waals surface area contributed by atoms with Gasteiger partial charge >= 0.3 is 0 Å². The summed E-state index contributed by atoms with van der Waals surface area (Å²) < 4.78 is 5.63. The predicted octanol–water partition coefficient (Wildman–Crippen LogP) is 4.72. The zero-order valence-electron chi connectivity index (χ0n) is 19.1. The van der Waals surface area contributed by atoms with Crippen molar-refractivity contribution >= 4 is 11.6 Å². The molecule has 164 valence electrons. The average molecular weight is 420 g/mol. The van der Waals surface area contributed by atoms with Crippen LogP contribution < -0.4 is 4.74 Å². The molecule has 0 aliphatic carbocycles. The van der Waals surface area contributed by atoms with Crippen LogP contribution >= 0.6 is 0 Å². The Morgan fingerprint density at radius 1 is 1.13 bits per heavy atom. The Bertz CT molecular complexity index is 976. The third-order valence-electron chi connectivity index (χ3n) is 6.60. The van der Waals surface area contributed by atoms with Crippen molar-refractivity contribution in [2.45, 2.75) is 46.1 Å². The molecule has 2 aromatic rings. The molecule has 0 bridgehead atoms. The van der Waals surface area contributed by atoms with Gasteiger partial charge in [0.25, 0.3) is 5.91 Å². The van der Waals surface area contributed by atoms with Gasteiger partial charge in [0.15, 0.2) is 0 Å². The molecule has 2 heterocycles. The van der Waals surface area contributed by atoms with Crippen LogP contribution in [0.2, 0.25) is 0 Å². The highest BCUT2D eigenvalue weighted by Crippen LogP contribution is 2.38. The van der Waals surface area contributed by atoms with Crippen LogP contribution in [-0.2, 0) is 4.79 Å². The number of hydrazone groups is 1. The highest BCUT2D eigenvalue weighted by Gasteiger charge is 2.35. The summed E-state index contributed by atoms with van der Waals surface area (Å²) in [5, 5.41) is 6.61. The molecule has 0 saturated carbocycles. The molecular formula is C26H33N3O2. The van der Waals surface area contributed by atoms with Gasteiger partial charge in [0.2, 0.25) is 0 Å². The van der Waals surface area contributed by atoms with E-state index < -0.39 is 0 Å². The first kappa shape index (κ1) is 21.6. The van der Waals surface area contributed by atoms with Gasteiger partial charge in [-0.1, -0.05) is 42.8 Å². The highest BCUT2D eigenvalue weighted by molar-refractivity contribution is 6.04. The zero-order chi connectivity index (χ0) is 22.0. The monoisotopic (exact) mass is 419 g/mol. The Morgan fingerprint density at radius 2 is 1.87 bits per heavy atom. The number of methoxy groups -OCH3 is 1. The third-order valence-corrected chi connectivity index (χ3v) is 6.60.